The molecule has 98 valence electrons. The summed E-state index contributed by atoms with van der Waals surface area (Å²) in [5, 5.41) is 2.85. The molecular formula is C12H23N3O2. The molecule has 1 saturated heterocycles. The Morgan fingerprint density at radius 1 is 1.53 bits per heavy atom. The van der Waals surface area contributed by atoms with Crippen LogP contribution >= 0.6 is 0 Å². The van der Waals surface area contributed by atoms with Crippen molar-refractivity contribution in [2.45, 2.75) is 39.2 Å². The van der Waals surface area contributed by atoms with Gasteiger partial charge in [0.1, 0.15) is 6.04 Å². The topological polar surface area (TPSA) is 75.4 Å². The normalized spacial score (nSPS) is 17.6. The van der Waals surface area contributed by atoms with Crippen molar-refractivity contribution < 1.29 is 9.59 Å². The summed E-state index contributed by atoms with van der Waals surface area (Å²) in [6.45, 7) is 5.79. The van der Waals surface area contributed by atoms with Gasteiger partial charge in [0, 0.05) is 19.5 Å². The molecule has 0 bridgehead atoms. The zero-order chi connectivity index (χ0) is 12.8. The quantitative estimate of drug-likeness (QED) is 0.648. The van der Waals surface area contributed by atoms with Gasteiger partial charge in [-0.2, -0.15) is 0 Å². The molecule has 0 spiro atoms. The summed E-state index contributed by atoms with van der Waals surface area (Å²) < 4.78 is 0. The number of likely N-dealkylation sites (tertiary alicyclic amines) is 1. The molecule has 0 aliphatic carbocycles. The number of carbonyl (C=O) groups excluding carboxylic acids is 2. The number of nitrogens with two attached hydrogens (primary N) is 1. The molecule has 0 aromatic rings. The van der Waals surface area contributed by atoms with E-state index in [1.165, 1.54) is 0 Å². The lowest BCUT2D eigenvalue weighted by Crippen LogP contribution is -2.50. The summed E-state index contributed by atoms with van der Waals surface area (Å²) in [5.41, 5.74) is 5.38. The third kappa shape index (κ3) is 3.70. The average Bonchev–Trinajstić information content (AvgIpc) is 2.65. The highest BCUT2D eigenvalue weighted by molar-refractivity contribution is 5.88. The summed E-state index contributed by atoms with van der Waals surface area (Å²) in [4.78, 5) is 25.4. The van der Waals surface area contributed by atoms with Crippen LogP contribution in [0.25, 0.3) is 0 Å². The van der Waals surface area contributed by atoms with E-state index in [9.17, 15) is 9.59 Å². The first-order valence-corrected chi connectivity index (χ1v) is 6.35. The van der Waals surface area contributed by atoms with Gasteiger partial charge in [0.2, 0.25) is 11.8 Å². The van der Waals surface area contributed by atoms with E-state index in [0.717, 1.165) is 12.8 Å². The van der Waals surface area contributed by atoms with Crippen molar-refractivity contribution in [3.8, 4) is 0 Å². The minimum Gasteiger partial charge on any atom is -0.354 e. The van der Waals surface area contributed by atoms with Crippen LogP contribution < -0.4 is 11.1 Å². The highest BCUT2D eigenvalue weighted by atomic mass is 16.2. The van der Waals surface area contributed by atoms with Crippen molar-refractivity contribution in [3.63, 3.8) is 0 Å². The molecule has 1 aliphatic heterocycles. The molecule has 0 saturated carbocycles. The lowest BCUT2D eigenvalue weighted by atomic mass is 10.0. The van der Waals surface area contributed by atoms with Crippen LogP contribution in [0.4, 0.5) is 0 Å². The van der Waals surface area contributed by atoms with Gasteiger partial charge in [-0.3, -0.25) is 9.59 Å². The summed E-state index contributed by atoms with van der Waals surface area (Å²) >= 11 is 0. The molecule has 1 fully saturated rings. The lowest BCUT2D eigenvalue weighted by Gasteiger charge is -2.29. The molecule has 1 rings (SSSR count). The molecule has 17 heavy (non-hydrogen) atoms. The maximum Gasteiger partial charge on any atom is 0.243 e. The Morgan fingerprint density at radius 3 is 2.71 bits per heavy atom. The minimum atomic E-state index is -0.331. The van der Waals surface area contributed by atoms with E-state index in [0.29, 0.717) is 26.1 Å². The van der Waals surface area contributed by atoms with Crippen molar-refractivity contribution in [2.24, 2.45) is 11.7 Å². The van der Waals surface area contributed by atoms with Crippen molar-refractivity contribution in [2.75, 3.05) is 19.6 Å². The van der Waals surface area contributed by atoms with Crippen LogP contribution in [0, 0.1) is 5.92 Å². The highest BCUT2D eigenvalue weighted by Crippen LogP contribution is 2.19. The van der Waals surface area contributed by atoms with Gasteiger partial charge in [0.15, 0.2) is 0 Å². The van der Waals surface area contributed by atoms with Gasteiger partial charge >= 0.3 is 0 Å². The van der Waals surface area contributed by atoms with Crippen LogP contribution in [0.15, 0.2) is 0 Å². The molecule has 1 heterocycles. The van der Waals surface area contributed by atoms with E-state index in [2.05, 4.69) is 5.32 Å². The van der Waals surface area contributed by atoms with Crippen LogP contribution in [-0.4, -0.2) is 42.4 Å². The van der Waals surface area contributed by atoms with Gasteiger partial charge in [-0.1, -0.05) is 13.8 Å². The minimum absolute atomic E-state index is 0.0521. The first kappa shape index (κ1) is 14.0. The Hall–Kier alpha value is -1.10. The first-order valence-electron chi connectivity index (χ1n) is 6.35. The molecule has 3 N–H and O–H groups in total. The number of hydrogen-bond acceptors (Lipinski definition) is 3. The van der Waals surface area contributed by atoms with Gasteiger partial charge < -0.3 is 16.0 Å². The number of nitrogens with zero attached hydrogens (tertiary/aromatic N) is 1. The predicted octanol–water partition coefficient (Wildman–Crippen LogP) is 0.0984. The molecule has 1 aliphatic rings. The van der Waals surface area contributed by atoms with Gasteiger partial charge in [-0.25, -0.2) is 0 Å². The second-order valence-electron chi connectivity index (χ2n) is 4.81. The average molecular weight is 241 g/mol. The number of rotatable bonds is 6. The van der Waals surface area contributed by atoms with E-state index < -0.39 is 0 Å². The maximum absolute atomic E-state index is 12.0. The number of nitrogens with one attached hydrogen (secondary N) is 1. The summed E-state index contributed by atoms with van der Waals surface area (Å²) in [6.07, 6.45) is 2.20. The Labute approximate surface area is 103 Å². The smallest absolute Gasteiger partial charge is 0.243 e. The molecular weight excluding hydrogens is 218 g/mol. The van der Waals surface area contributed by atoms with Gasteiger partial charge in [0.05, 0.1) is 0 Å². The fourth-order valence-electron chi connectivity index (χ4n) is 2.19. The maximum atomic E-state index is 12.0. The van der Waals surface area contributed by atoms with Gasteiger partial charge in [-0.05, 0) is 25.3 Å². The fourth-order valence-corrected chi connectivity index (χ4v) is 2.19. The molecule has 2 amide bonds. The third-order valence-electron chi connectivity index (χ3n) is 3.03. The SMILES string of the molecule is CC(C)C(C(=O)NCCCN)N1CCCC1=O. The monoisotopic (exact) mass is 241 g/mol. The largest absolute Gasteiger partial charge is 0.354 e. The van der Waals surface area contributed by atoms with Crippen molar-refractivity contribution in [1.82, 2.24) is 10.2 Å². The Balaban J connectivity index is 2.58. The zero-order valence-corrected chi connectivity index (χ0v) is 10.7. The summed E-state index contributed by atoms with van der Waals surface area (Å²) in [7, 11) is 0. The fraction of sp³-hybridized carbons (Fsp3) is 0.833. The first-order chi connectivity index (χ1) is 8.07. The van der Waals surface area contributed by atoms with Crippen LogP contribution in [0.5, 0.6) is 0 Å². The van der Waals surface area contributed by atoms with Gasteiger partial charge in [-0.15, -0.1) is 0 Å². The second kappa shape index (κ2) is 6.59. The highest BCUT2D eigenvalue weighted by Gasteiger charge is 2.34. The third-order valence-corrected chi connectivity index (χ3v) is 3.03. The van der Waals surface area contributed by atoms with Crippen LogP contribution in [0.1, 0.15) is 33.1 Å². The van der Waals surface area contributed by atoms with E-state index >= 15 is 0 Å². The van der Waals surface area contributed by atoms with E-state index in [1.54, 1.807) is 4.90 Å². The predicted molar refractivity (Wildman–Crippen MR) is 66.3 cm³/mol. The Kier molecular flexibility index (Phi) is 5.41. The second-order valence-corrected chi connectivity index (χ2v) is 4.81. The molecule has 0 radical (unpaired) electrons. The number of carbonyl (C=O) groups is 2. The lowest BCUT2D eigenvalue weighted by molar-refractivity contribution is -0.139. The molecule has 0 aromatic heterocycles. The summed E-state index contributed by atoms with van der Waals surface area (Å²) in [6, 6.07) is -0.331. The number of hydrogen-bond donors (Lipinski definition) is 2. The standard InChI is InChI=1S/C12H23N3O2/c1-9(2)11(12(17)14-7-4-6-13)15-8-3-5-10(15)16/h9,11H,3-8,13H2,1-2H3,(H,14,17). The van der Waals surface area contributed by atoms with Crippen molar-refractivity contribution >= 4 is 11.8 Å². The molecule has 5 nitrogen and oxygen atoms in total. The van der Waals surface area contributed by atoms with Gasteiger partial charge in [0.25, 0.3) is 0 Å². The zero-order valence-electron chi connectivity index (χ0n) is 10.7. The van der Waals surface area contributed by atoms with Crippen molar-refractivity contribution in [3.05, 3.63) is 0 Å². The molecule has 1 atom stereocenters. The van der Waals surface area contributed by atoms with Crippen LogP contribution in [0.2, 0.25) is 0 Å². The Bertz CT molecular complexity index is 279. The van der Waals surface area contributed by atoms with E-state index in [-0.39, 0.29) is 23.8 Å². The van der Waals surface area contributed by atoms with Crippen molar-refractivity contribution in [1.29, 1.82) is 0 Å². The van der Waals surface area contributed by atoms with E-state index in [4.69, 9.17) is 5.73 Å². The molecule has 0 aromatic carbocycles. The number of amides is 2. The Morgan fingerprint density at radius 2 is 2.24 bits per heavy atom. The summed E-state index contributed by atoms with van der Waals surface area (Å²) in [5.74, 6) is 0.177. The molecule has 1 unspecified atom stereocenters. The molecule has 5 heteroatoms. The van der Waals surface area contributed by atoms with Crippen LogP contribution in [-0.2, 0) is 9.59 Å². The van der Waals surface area contributed by atoms with Crippen LogP contribution in [0.3, 0.4) is 0 Å². The van der Waals surface area contributed by atoms with E-state index in [1.807, 2.05) is 13.8 Å².